The predicted molar refractivity (Wildman–Crippen MR) is 119 cm³/mol. The second-order valence-corrected chi connectivity index (χ2v) is 7.76. The summed E-state index contributed by atoms with van der Waals surface area (Å²) in [4.78, 5) is 20.2. The smallest absolute Gasteiger partial charge is 0.265 e. The van der Waals surface area contributed by atoms with E-state index in [0.717, 1.165) is 19.5 Å². The lowest BCUT2D eigenvalue weighted by molar-refractivity contribution is 0.273. The average Bonchev–Trinajstić information content (AvgIpc) is 3.19. The molecule has 1 aliphatic rings. The van der Waals surface area contributed by atoms with Crippen LogP contribution in [-0.4, -0.2) is 46.5 Å². The van der Waals surface area contributed by atoms with Crippen molar-refractivity contribution in [2.75, 3.05) is 19.6 Å². The van der Waals surface area contributed by atoms with Crippen LogP contribution < -0.4 is 5.56 Å². The molecule has 5 nitrogen and oxygen atoms in total. The topological polar surface area (TPSA) is 57.8 Å². The van der Waals surface area contributed by atoms with E-state index in [4.69, 9.17) is 11.6 Å². The van der Waals surface area contributed by atoms with Crippen LogP contribution in [0, 0.1) is 0 Å². The first-order valence-electron chi connectivity index (χ1n) is 9.96. The molecule has 0 amide bonds. The van der Waals surface area contributed by atoms with Gasteiger partial charge in [-0.1, -0.05) is 36.7 Å². The predicted octanol–water partition coefficient (Wildman–Crippen LogP) is 4.25. The Morgan fingerprint density at radius 3 is 2.62 bits per heavy atom. The molecular weight excluding hydrogens is 386 g/mol. The molecule has 3 aromatic rings. The number of hydrogen-bond acceptors (Lipinski definition) is 4. The number of pyridine rings is 1. The average molecular weight is 410 g/mol. The highest BCUT2D eigenvalue weighted by molar-refractivity contribution is 6.30. The minimum absolute atomic E-state index is 0.112. The molecule has 1 atom stereocenters. The van der Waals surface area contributed by atoms with Gasteiger partial charge in [0.25, 0.3) is 5.56 Å². The molecule has 6 heteroatoms. The molecule has 1 N–H and O–H groups in total. The number of hydrogen-bond donors (Lipinski definition) is 1. The number of aliphatic imine (C=N–C) groups is 1. The molecule has 0 aliphatic carbocycles. The summed E-state index contributed by atoms with van der Waals surface area (Å²) in [5, 5.41) is 12.8. The zero-order valence-corrected chi connectivity index (χ0v) is 17.1. The Bertz CT molecular complexity index is 1110. The van der Waals surface area contributed by atoms with Gasteiger partial charge in [-0.05, 0) is 56.3 Å². The number of likely N-dealkylation sites (tertiary alicyclic amines) is 1. The van der Waals surface area contributed by atoms with Gasteiger partial charge in [-0.25, -0.2) is 4.57 Å². The van der Waals surface area contributed by atoms with Gasteiger partial charge in [-0.15, -0.1) is 0 Å². The van der Waals surface area contributed by atoms with E-state index in [1.807, 2.05) is 18.2 Å². The summed E-state index contributed by atoms with van der Waals surface area (Å²) < 4.78 is 1.31. The normalized spacial score (nSPS) is 17.5. The van der Waals surface area contributed by atoms with Crippen LogP contribution in [0.3, 0.4) is 0 Å². The lowest BCUT2D eigenvalue weighted by Gasteiger charge is -2.20. The molecule has 1 fully saturated rings. The molecule has 0 bridgehead atoms. The number of nitrogens with zero attached hydrogens (tertiary/aromatic N) is 3. The van der Waals surface area contributed by atoms with Crippen LogP contribution in [-0.2, 0) is 0 Å². The molecule has 0 spiro atoms. The van der Waals surface area contributed by atoms with E-state index in [1.165, 1.54) is 11.0 Å². The van der Waals surface area contributed by atoms with Gasteiger partial charge in [-0.2, -0.15) is 0 Å². The van der Waals surface area contributed by atoms with Gasteiger partial charge < -0.3 is 5.11 Å². The largest absolute Gasteiger partial charge is 0.494 e. The van der Waals surface area contributed by atoms with Crippen molar-refractivity contribution >= 4 is 28.6 Å². The summed E-state index contributed by atoms with van der Waals surface area (Å²) in [5.41, 5.74) is 0.840. The Balaban J connectivity index is 1.79. The summed E-state index contributed by atoms with van der Waals surface area (Å²) >= 11 is 5.98. The molecule has 2 heterocycles. The van der Waals surface area contributed by atoms with Gasteiger partial charge in [0.2, 0.25) is 5.88 Å². The maximum atomic E-state index is 13.1. The number of likely N-dealkylation sites (N-methyl/N-ethyl adjacent to an activating group) is 1. The number of aromatic hydroxyl groups is 1. The Morgan fingerprint density at radius 2 is 1.90 bits per heavy atom. The number of fused-ring (bicyclic) bond motifs is 1. The lowest BCUT2D eigenvalue weighted by Crippen LogP contribution is -2.31. The maximum absolute atomic E-state index is 13.1. The molecule has 1 aliphatic heterocycles. The van der Waals surface area contributed by atoms with Gasteiger partial charge in [0, 0.05) is 28.1 Å². The van der Waals surface area contributed by atoms with E-state index in [0.29, 0.717) is 39.6 Å². The van der Waals surface area contributed by atoms with Crippen molar-refractivity contribution in [1.29, 1.82) is 0 Å². The van der Waals surface area contributed by atoms with E-state index in [-0.39, 0.29) is 11.4 Å². The summed E-state index contributed by atoms with van der Waals surface area (Å²) in [5.74, 6) is -0.112. The summed E-state index contributed by atoms with van der Waals surface area (Å²) in [6, 6.07) is 14.6. The van der Waals surface area contributed by atoms with E-state index in [1.54, 1.807) is 36.5 Å². The first-order chi connectivity index (χ1) is 14.1. The van der Waals surface area contributed by atoms with Crippen LogP contribution in [0.2, 0.25) is 5.02 Å². The molecule has 0 radical (unpaired) electrons. The Morgan fingerprint density at radius 1 is 1.17 bits per heavy atom. The Labute approximate surface area is 174 Å². The zero-order chi connectivity index (χ0) is 20.4. The fourth-order valence-electron chi connectivity index (χ4n) is 4.10. The highest BCUT2D eigenvalue weighted by Gasteiger charge is 2.22. The summed E-state index contributed by atoms with van der Waals surface area (Å²) in [7, 11) is 0. The molecule has 1 saturated heterocycles. The molecule has 0 unspecified atom stereocenters. The van der Waals surface area contributed by atoms with Crippen molar-refractivity contribution < 1.29 is 5.11 Å². The molecule has 0 saturated carbocycles. The van der Waals surface area contributed by atoms with Gasteiger partial charge in [0.05, 0.1) is 17.8 Å². The molecule has 2 aromatic carbocycles. The summed E-state index contributed by atoms with van der Waals surface area (Å²) in [6.45, 7) is 4.99. The highest BCUT2D eigenvalue weighted by Crippen LogP contribution is 2.26. The van der Waals surface area contributed by atoms with Gasteiger partial charge in [0.15, 0.2) is 0 Å². The minimum atomic E-state index is -0.273. The van der Waals surface area contributed by atoms with E-state index in [2.05, 4.69) is 16.8 Å². The van der Waals surface area contributed by atoms with Gasteiger partial charge in [0.1, 0.15) is 0 Å². The Kier molecular flexibility index (Phi) is 5.69. The van der Waals surface area contributed by atoms with Crippen LogP contribution >= 0.6 is 11.6 Å². The van der Waals surface area contributed by atoms with Crippen LogP contribution in [0.25, 0.3) is 16.5 Å². The molecule has 150 valence electrons. The van der Waals surface area contributed by atoms with E-state index in [9.17, 15) is 9.90 Å². The molecular formula is C23H24ClN3O2. The minimum Gasteiger partial charge on any atom is -0.494 e. The lowest BCUT2D eigenvalue weighted by atomic mass is 10.1. The third kappa shape index (κ3) is 3.80. The quantitative estimate of drug-likeness (QED) is 0.641. The molecule has 4 rings (SSSR count). The fourth-order valence-corrected chi connectivity index (χ4v) is 4.23. The van der Waals surface area contributed by atoms with Crippen molar-refractivity contribution in [3.63, 3.8) is 0 Å². The van der Waals surface area contributed by atoms with Crippen molar-refractivity contribution in [2.24, 2.45) is 4.99 Å². The van der Waals surface area contributed by atoms with Crippen LogP contribution in [0.1, 0.15) is 25.3 Å². The monoisotopic (exact) mass is 409 g/mol. The highest BCUT2D eigenvalue weighted by atomic mass is 35.5. The van der Waals surface area contributed by atoms with Crippen molar-refractivity contribution in [3.8, 4) is 11.6 Å². The van der Waals surface area contributed by atoms with E-state index < -0.39 is 0 Å². The summed E-state index contributed by atoms with van der Waals surface area (Å²) in [6.07, 6.45) is 4.04. The zero-order valence-electron chi connectivity index (χ0n) is 16.4. The second-order valence-electron chi connectivity index (χ2n) is 7.32. The van der Waals surface area contributed by atoms with Crippen molar-refractivity contribution in [2.45, 2.75) is 25.8 Å². The standard InChI is InChI=1S/C23H24ClN3O2/c1-2-26-13-5-6-18(26)14-25-15-21-19-7-3-4-8-20(19)22(28)27(23(21)29)17-11-9-16(24)10-12-17/h3-4,7-12,15,18,29H,2,5-6,13-14H2,1H3/t18-/m1/s1. The van der Waals surface area contributed by atoms with E-state index >= 15 is 0 Å². The molecule has 29 heavy (non-hydrogen) atoms. The SMILES string of the molecule is CCN1CCC[C@@H]1CN=Cc1c(O)n(-c2ccc(Cl)cc2)c(=O)c2ccccc12. The first kappa shape index (κ1) is 19.7. The van der Waals surface area contributed by atoms with Crippen LogP contribution in [0.4, 0.5) is 0 Å². The van der Waals surface area contributed by atoms with Gasteiger partial charge >= 0.3 is 0 Å². The Hall–Kier alpha value is -2.63. The van der Waals surface area contributed by atoms with Crippen LogP contribution in [0.5, 0.6) is 5.88 Å². The number of rotatable bonds is 5. The number of halogens is 1. The number of benzene rings is 2. The fraction of sp³-hybridized carbons (Fsp3) is 0.304. The van der Waals surface area contributed by atoms with Gasteiger partial charge in [-0.3, -0.25) is 14.7 Å². The van der Waals surface area contributed by atoms with Crippen molar-refractivity contribution in [3.05, 3.63) is 69.5 Å². The van der Waals surface area contributed by atoms with Crippen molar-refractivity contribution in [1.82, 2.24) is 9.47 Å². The maximum Gasteiger partial charge on any atom is 0.265 e. The first-order valence-corrected chi connectivity index (χ1v) is 10.3. The third-order valence-electron chi connectivity index (χ3n) is 5.63. The second kappa shape index (κ2) is 8.39. The number of aromatic nitrogens is 1. The third-order valence-corrected chi connectivity index (χ3v) is 5.88. The molecule has 1 aromatic heterocycles. The van der Waals surface area contributed by atoms with Crippen LogP contribution in [0.15, 0.2) is 58.3 Å².